The van der Waals surface area contributed by atoms with Gasteiger partial charge in [0.1, 0.15) is 0 Å². The molecule has 0 aliphatic carbocycles. The van der Waals surface area contributed by atoms with Crippen molar-refractivity contribution in [1.29, 1.82) is 0 Å². The van der Waals surface area contributed by atoms with Gasteiger partial charge in [-0.2, -0.15) is 0 Å². The number of nitrogens with one attached hydrogen (secondary N) is 1. The molecule has 102 valence electrons. The van der Waals surface area contributed by atoms with Crippen molar-refractivity contribution in [2.45, 2.75) is 27.2 Å². The second-order valence-corrected chi connectivity index (χ2v) is 4.07. The van der Waals surface area contributed by atoms with Crippen LogP contribution < -0.4 is 5.32 Å². The molecule has 0 radical (unpaired) electrons. The minimum Gasteiger partial charge on any atom is -0.478 e. The summed E-state index contributed by atoms with van der Waals surface area (Å²) in [5, 5.41) is 11.4. The molecule has 0 unspecified atom stereocenters. The number of carbonyl (C=O) groups is 3. The average molecular weight is 256 g/mol. The maximum Gasteiger partial charge on any atom is 0.331 e. The lowest BCUT2D eigenvalue weighted by Crippen LogP contribution is -2.39. The van der Waals surface area contributed by atoms with E-state index >= 15 is 0 Å². The normalized spacial score (nSPS) is 11.6. The van der Waals surface area contributed by atoms with Gasteiger partial charge in [-0.15, -0.1) is 0 Å². The molecule has 6 nitrogen and oxygen atoms in total. The first-order valence-corrected chi connectivity index (χ1v) is 5.74. The molecule has 0 fully saturated rings. The first-order chi connectivity index (χ1) is 8.31. The smallest absolute Gasteiger partial charge is 0.331 e. The standard InChI is InChI=1S/C12H20N2O4/c1-5-6-13-10(15)7-14(4)11(16)8(2)9(3)12(17)18/h5-7H2,1-4H3,(H,13,15)(H,17,18). The number of carboxylic acid groups (broad SMARTS) is 1. The highest BCUT2D eigenvalue weighted by molar-refractivity contribution is 6.02. The Morgan fingerprint density at radius 1 is 1.17 bits per heavy atom. The van der Waals surface area contributed by atoms with Crippen LogP contribution in [0.1, 0.15) is 27.2 Å². The quantitative estimate of drug-likeness (QED) is 0.673. The van der Waals surface area contributed by atoms with Gasteiger partial charge >= 0.3 is 5.97 Å². The van der Waals surface area contributed by atoms with Crippen LogP contribution in [0.15, 0.2) is 11.1 Å². The van der Waals surface area contributed by atoms with Crippen LogP contribution in [-0.4, -0.2) is 47.9 Å². The van der Waals surface area contributed by atoms with Gasteiger partial charge in [0, 0.05) is 24.7 Å². The number of aliphatic carboxylic acids is 1. The Hall–Kier alpha value is -1.85. The van der Waals surface area contributed by atoms with Crippen molar-refractivity contribution in [3.63, 3.8) is 0 Å². The molecule has 2 N–H and O–H groups in total. The Morgan fingerprint density at radius 2 is 1.72 bits per heavy atom. The highest BCUT2D eigenvalue weighted by Gasteiger charge is 2.18. The van der Waals surface area contributed by atoms with Crippen LogP contribution in [0.4, 0.5) is 0 Å². The second-order valence-electron chi connectivity index (χ2n) is 4.07. The summed E-state index contributed by atoms with van der Waals surface area (Å²) in [7, 11) is 1.46. The average Bonchev–Trinajstić information content (AvgIpc) is 2.33. The Balaban J connectivity index is 4.57. The van der Waals surface area contributed by atoms with Crippen LogP contribution in [0.2, 0.25) is 0 Å². The molecule has 0 aliphatic heterocycles. The van der Waals surface area contributed by atoms with Crippen molar-refractivity contribution >= 4 is 17.8 Å². The van der Waals surface area contributed by atoms with Crippen LogP contribution in [0.25, 0.3) is 0 Å². The van der Waals surface area contributed by atoms with Gasteiger partial charge in [-0.05, 0) is 20.3 Å². The molecule has 0 saturated heterocycles. The number of carbonyl (C=O) groups excluding carboxylic acids is 2. The molecule has 0 spiro atoms. The first-order valence-electron chi connectivity index (χ1n) is 5.74. The maximum atomic E-state index is 11.8. The van der Waals surface area contributed by atoms with E-state index in [1.807, 2.05) is 6.92 Å². The molecule has 0 aromatic heterocycles. The zero-order valence-electron chi connectivity index (χ0n) is 11.2. The summed E-state index contributed by atoms with van der Waals surface area (Å²) in [5.74, 6) is -1.85. The van der Waals surface area contributed by atoms with Crippen LogP contribution in [0, 0.1) is 0 Å². The lowest BCUT2D eigenvalue weighted by Gasteiger charge is -2.17. The predicted octanol–water partition coefficient (Wildman–Crippen LogP) is 0.392. The van der Waals surface area contributed by atoms with Gasteiger partial charge in [-0.25, -0.2) is 4.79 Å². The molecule has 0 atom stereocenters. The fourth-order valence-electron chi connectivity index (χ4n) is 1.21. The molecule has 0 aliphatic rings. The molecule has 2 amide bonds. The molecule has 0 aromatic rings. The molecule has 0 heterocycles. The Kier molecular flexibility index (Phi) is 6.70. The molecule has 0 bridgehead atoms. The first kappa shape index (κ1) is 16.1. The van der Waals surface area contributed by atoms with Gasteiger partial charge < -0.3 is 15.3 Å². The number of hydrogen-bond acceptors (Lipinski definition) is 3. The number of rotatable bonds is 6. The maximum absolute atomic E-state index is 11.8. The highest BCUT2D eigenvalue weighted by atomic mass is 16.4. The van der Waals surface area contributed by atoms with Crippen molar-refractivity contribution in [3.8, 4) is 0 Å². The van der Waals surface area contributed by atoms with E-state index in [9.17, 15) is 14.4 Å². The van der Waals surface area contributed by atoms with Gasteiger partial charge in [0.25, 0.3) is 0 Å². The van der Waals surface area contributed by atoms with Crippen molar-refractivity contribution < 1.29 is 19.5 Å². The molecule has 6 heteroatoms. The minimum absolute atomic E-state index is 0.0131. The van der Waals surface area contributed by atoms with Crippen molar-refractivity contribution in [3.05, 3.63) is 11.1 Å². The molecular weight excluding hydrogens is 236 g/mol. The fourth-order valence-corrected chi connectivity index (χ4v) is 1.21. The summed E-state index contributed by atoms with van der Waals surface area (Å²) in [4.78, 5) is 35.2. The van der Waals surface area contributed by atoms with Crippen LogP contribution in [-0.2, 0) is 14.4 Å². The Morgan fingerprint density at radius 3 is 2.17 bits per heavy atom. The SMILES string of the molecule is CCCNC(=O)CN(C)C(=O)C(C)=C(C)C(=O)O. The van der Waals surface area contributed by atoms with E-state index in [4.69, 9.17) is 5.11 Å². The highest BCUT2D eigenvalue weighted by Crippen LogP contribution is 2.06. The van der Waals surface area contributed by atoms with Gasteiger partial charge in [0.2, 0.25) is 11.8 Å². The summed E-state index contributed by atoms with van der Waals surface area (Å²) < 4.78 is 0. The van der Waals surface area contributed by atoms with Crippen LogP contribution in [0.3, 0.4) is 0 Å². The van der Waals surface area contributed by atoms with Gasteiger partial charge in [-0.1, -0.05) is 6.92 Å². The molecule has 0 rings (SSSR count). The third-order valence-corrected chi connectivity index (χ3v) is 2.50. The van der Waals surface area contributed by atoms with E-state index in [0.717, 1.165) is 6.42 Å². The number of likely N-dealkylation sites (N-methyl/N-ethyl adjacent to an activating group) is 1. The number of nitrogens with zero attached hydrogens (tertiary/aromatic N) is 1. The molecular formula is C12H20N2O4. The van der Waals surface area contributed by atoms with E-state index < -0.39 is 11.9 Å². The van der Waals surface area contributed by atoms with E-state index in [-0.39, 0.29) is 23.6 Å². The van der Waals surface area contributed by atoms with Crippen LogP contribution >= 0.6 is 0 Å². The zero-order valence-corrected chi connectivity index (χ0v) is 11.2. The monoisotopic (exact) mass is 256 g/mol. The van der Waals surface area contributed by atoms with Gasteiger partial charge in [0.15, 0.2) is 0 Å². The number of carboxylic acids is 1. The molecule has 0 saturated carbocycles. The summed E-state index contributed by atoms with van der Waals surface area (Å²) in [6.07, 6.45) is 0.820. The van der Waals surface area contributed by atoms with E-state index in [2.05, 4.69) is 5.32 Å². The zero-order chi connectivity index (χ0) is 14.3. The lowest BCUT2D eigenvalue weighted by molar-refractivity contribution is -0.134. The minimum atomic E-state index is -1.13. The fraction of sp³-hybridized carbons (Fsp3) is 0.583. The van der Waals surface area contributed by atoms with Crippen LogP contribution in [0.5, 0.6) is 0 Å². The summed E-state index contributed by atoms with van der Waals surface area (Å²) in [6.45, 7) is 5.21. The third kappa shape index (κ3) is 4.99. The van der Waals surface area contributed by atoms with E-state index in [1.54, 1.807) is 0 Å². The summed E-state index contributed by atoms with van der Waals surface area (Å²) in [5.41, 5.74) is 0.120. The Labute approximate surface area is 107 Å². The number of hydrogen-bond donors (Lipinski definition) is 2. The summed E-state index contributed by atoms with van der Waals surface area (Å²) >= 11 is 0. The van der Waals surface area contributed by atoms with Crippen molar-refractivity contribution in [1.82, 2.24) is 10.2 Å². The van der Waals surface area contributed by atoms with Crippen molar-refractivity contribution in [2.75, 3.05) is 20.1 Å². The summed E-state index contributed by atoms with van der Waals surface area (Å²) in [6, 6.07) is 0. The lowest BCUT2D eigenvalue weighted by atomic mass is 10.1. The molecule has 0 aromatic carbocycles. The van der Waals surface area contributed by atoms with Gasteiger partial charge in [-0.3, -0.25) is 9.59 Å². The van der Waals surface area contributed by atoms with E-state index in [0.29, 0.717) is 6.54 Å². The number of amides is 2. The van der Waals surface area contributed by atoms with Gasteiger partial charge in [0.05, 0.1) is 6.54 Å². The topological polar surface area (TPSA) is 86.7 Å². The predicted molar refractivity (Wildman–Crippen MR) is 66.9 cm³/mol. The van der Waals surface area contributed by atoms with Crippen molar-refractivity contribution in [2.24, 2.45) is 0 Å². The largest absolute Gasteiger partial charge is 0.478 e. The van der Waals surface area contributed by atoms with E-state index in [1.165, 1.54) is 25.8 Å². The third-order valence-electron chi connectivity index (χ3n) is 2.50. The molecule has 18 heavy (non-hydrogen) atoms. The Bertz CT molecular complexity index is 374. The second kappa shape index (κ2) is 7.47.